The van der Waals surface area contributed by atoms with E-state index in [0.29, 0.717) is 6.42 Å². The van der Waals surface area contributed by atoms with Crippen LogP contribution in [0.3, 0.4) is 0 Å². The topological polar surface area (TPSA) is 63.3 Å². The molecule has 3 N–H and O–H groups in total. The number of hydrogen-bond donors (Lipinski definition) is 2. The van der Waals surface area contributed by atoms with Gasteiger partial charge in [-0.1, -0.05) is 58.3 Å². The first-order valence-electron chi connectivity index (χ1n) is 9.60. The molecule has 0 spiro atoms. The summed E-state index contributed by atoms with van der Waals surface area (Å²) in [5.41, 5.74) is 5.98. The predicted molar refractivity (Wildman–Crippen MR) is 92.9 cm³/mol. The molecule has 0 bridgehead atoms. The van der Waals surface area contributed by atoms with Gasteiger partial charge in [-0.2, -0.15) is 0 Å². The van der Waals surface area contributed by atoms with E-state index in [9.17, 15) is 4.79 Å². The number of rotatable bonds is 13. The molecule has 0 radical (unpaired) electrons. The predicted octanol–water partition coefficient (Wildman–Crippen LogP) is 4.98. The van der Waals surface area contributed by atoms with Crippen LogP contribution in [-0.2, 0) is 4.79 Å². The van der Waals surface area contributed by atoms with Gasteiger partial charge in [0.05, 0.1) is 0 Å². The third-order valence-corrected chi connectivity index (χ3v) is 5.53. The largest absolute Gasteiger partial charge is 0.481 e. The Morgan fingerprint density at radius 1 is 0.955 bits per heavy atom. The van der Waals surface area contributed by atoms with Crippen molar-refractivity contribution in [3.63, 3.8) is 0 Å². The molecule has 0 heterocycles. The van der Waals surface area contributed by atoms with Crippen molar-refractivity contribution in [1.82, 2.24) is 0 Å². The van der Waals surface area contributed by atoms with Gasteiger partial charge in [0.2, 0.25) is 0 Å². The van der Waals surface area contributed by atoms with Gasteiger partial charge in [0.15, 0.2) is 0 Å². The highest BCUT2D eigenvalue weighted by Gasteiger charge is 2.33. The van der Waals surface area contributed by atoms with Crippen molar-refractivity contribution >= 4 is 5.97 Å². The monoisotopic (exact) mass is 311 g/mol. The van der Waals surface area contributed by atoms with Crippen LogP contribution in [0.5, 0.6) is 0 Å². The SMILES string of the molecule is CCCCCCC1CCC(CN)C1CCCCCCC(=O)O. The lowest BCUT2D eigenvalue weighted by Gasteiger charge is -2.24. The Morgan fingerprint density at radius 2 is 1.59 bits per heavy atom. The number of carbonyl (C=O) groups is 1. The highest BCUT2D eigenvalue weighted by Crippen LogP contribution is 2.42. The number of nitrogens with two attached hydrogens (primary N) is 1. The molecule has 1 fully saturated rings. The molecule has 1 aliphatic carbocycles. The fraction of sp³-hybridized carbons (Fsp3) is 0.947. The number of carboxylic acids is 1. The van der Waals surface area contributed by atoms with Crippen LogP contribution in [0.1, 0.15) is 90.4 Å². The van der Waals surface area contributed by atoms with E-state index in [2.05, 4.69) is 6.92 Å². The molecule has 1 aliphatic rings. The van der Waals surface area contributed by atoms with Crippen molar-refractivity contribution in [2.24, 2.45) is 23.5 Å². The lowest BCUT2D eigenvalue weighted by Crippen LogP contribution is -2.22. The third-order valence-electron chi connectivity index (χ3n) is 5.53. The summed E-state index contributed by atoms with van der Waals surface area (Å²) in [4.78, 5) is 10.5. The molecule has 3 nitrogen and oxygen atoms in total. The molecule has 0 saturated heterocycles. The summed E-state index contributed by atoms with van der Waals surface area (Å²) < 4.78 is 0. The van der Waals surface area contributed by atoms with Crippen LogP contribution in [0, 0.1) is 17.8 Å². The van der Waals surface area contributed by atoms with Crippen molar-refractivity contribution in [2.75, 3.05) is 6.54 Å². The van der Waals surface area contributed by atoms with Crippen LogP contribution < -0.4 is 5.73 Å². The maximum Gasteiger partial charge on any atom is 0.303 e. The van der Waals surface area contributed by atoms with Gasteiger partial charge < -0.3 is 10.8 Å². The number of carboxylic acid groups (broad SMARTS) is 1. The zero-order valence-corrected chi connectivity index (χ0v) is 14.6. The average molecular weight is 312 g/mol. The zero-order valence-electron chi connectivity index (χ0n) is 14.6. The van der Waals surface area contributed by atoms with Gasteiger partial charge in [-0.25, -0.2) is 0 Å². The standard InChI is InChI=1S/C19H37NO2/c1-2-3-4-7-10-16-13-14-17(15-20)18(16)11-8-5-6-9-12-19(21)22/h16-18H,2-15,20H2,1H3,(H,21,22). The van der Waals surface area contributed by atoms with E-state index in [1.807, 2.05) is 0 Å². The van der Waals surface area contributed by atoms with Crippen LogP contribution in [0.2, 0.25) is 0 Å². The summed E-state index contributed by atoms with van der Waals surface area (Å²) in [5.74, 6) is 1.83. The van der Waals surface area contributed by atoms with Crippen LogP contribution in [0.15, 0.2) is 0 Å². The molecule has 3 atom stereocenters. The van der Waals surface area contributed by atoms with Crippen molar-refractivity contribution in [2.45, 2.75) is 90.4 Å². The fourth-order valence-corrected chi connectivity index (χ4v) is 4.21. The lowest BCUT2D eigenvalue weighted by atomic mass is 9.82. The van der Waals surface area contributed by atoms with Crippen LogP contribution >= 0.6 is 0 Å². The van der Waals surface area contributed by atoms with E-state index < -0.39 is 5.97 Å². The van der Waals surface area contributed by atoms with E-state index in [1.54, 1.807) is 0 Å². The molecule has 22 heavy (non-hydrogen) atoms. The molecule has 1 rings (SSSR count). The van der Waals surface area contributed by atoms with E-state index in [4.69, 9.17) is 10.8 Å². The van der Waals surface area contributed by atoms with E-state index in [1.165, 1.54) is 64.2 Å². The second-order valence-electron chi connectivity index (χ2n) is 7.19. The summed E-state index contributed by atoms with van der Waals surface area (Å²) in [6.45, 7) is 3.13. The molecule has 0 amide bonds. The Morgan fingerprint density at radius 3 is 2.27 bits per heavy atom. The summed E-state index contributed by atoms with van der Waals surface area (Å²) >= 11 is 0. The van der Waals surface area contributed by atoms with Gasteiger partial charge in [0, 0.05) is 6.42 Å². The number of aliphatic carboxylic acids is 1. The number of unbranched alkanes of at least 4 members (excludes halogenated alkanes) is 6. The van der Waals surface area contributed by atoms with Gasteiger partial charge in [0.25, 0.3) is 0 Å². The second-order valence-corrected chi connectivity index (χ2v) is 7.19. The highest BCUT2D eigenvalue weighted by atomic mass is 16.4. The molecule has 1 saturated carbocycles. The molecular formula is C19H37NO2. The summed E-state index contributed by atoms with van der Waals surface area (Å²) in [6.07, 6.45) is 15.6. The van der Waals surface area contributed by atoms with Crippen molar-refractivity contribution < 1.29 is 9.90 Å². The Labute approximate surface area is 137 Å². The molecule has 0 aromatic carbocycles. The fourth-order valence-electron chi connectivity index (χ4n) is 4.21. The molecule has 0 aromatic rings. The quantitative estimate of drug-likeness (QED) is 0.471. The Hall–Kier alpha value is -0.570. The molecule has 130 valence electrons. The Bertz CT molecular complexity index is 293. The van der Waals surface area contributed by atoms with E-state index in [-0.39, 0.29) is 0 Å². The third kappa shape index (κ3) is 7.62. The number of hydrogen-bond acceptors (Lipinski definition) is 2. The molecule has 3 heteroatoms. The van der Waals surface area contributed by atoms with E-state index >= 15 is 0 Å². The van der Waals surface area contributed by atoms with Gasteiger partial charge in [-0.15, -0.1) is 0 Å². The van der Waals surface area contributed by atoms with Gasteiger partial charge in [0.1, 0.15) is 0 Å². The molecule has 0 aromatic heterocycles. The van der Waals surface area contributed by atoms with Gasteiger partial charge in [-0.05, 0) is 50.0 Å². The van der Waals surface area contributed by atoms with E-state index in [0.717, 1.165) is 37.1 Å². The molecular weight excluding hydrogens is 274 g/mol. The maximum atomic E-state index is 10.5. The lowest BCUT2D eigenvalue weighted by molar-refractivity contribution is -0.137. The summed E-state index contributed by atoms with van der Waals surface area (Å²) in [7, 11) is 0. The second kappa shape index (κ2) is 11.9. The molecule has 0 aliphatic heterocycles. The minimum Gasteiger partial charge on any atom is -0.481 e. The minimum atomic E-state index is -0.661. The zero-order chi connectivity index (χ0) is 16.2. The molecule has 3 unspecified atom stereocenters. The first-order valence-corrected chi connectivity index (χ1v) is 9.60. The first-order chi connectivity index (χ1) is 10.7. The van der Waals surface area contributed by atoms with Crippen molar-refractivity contribution in [3.8, 4) is 0 Å². The maximum absolute atomic E-state index is 10.5. The minimum absolute atomic E-state index is 0.328. The first kappa shape index (κ1) is 19.5. The average Bonchev–Trinajstić information content (AvgIpc) is 2.89. The van der Waals surface area contributed by atoms with Crippen molar-refractivity contribution in [1.29, 1.82) is 0 Å². The Balaban J connectivity index is 2.21. The summed E-state index contributed by atoms with van der Waals surface area (Å²) in [6, 6.07) is 0. The van der Waals surface area contributed by atoms with Crippen LogP contribution in [-0.4, -0.2) is 17.6 Å². The smallest absolute Gasteiger partial charge is 0.303 e. The Kier molecular flexibility index (Phi) is 10.6. The highest BCUT2D eigenvalue weighted by molar-refractivity contribution is 5.66. The van der Waals surface area contributed by atoms with Crippen molar-refractivity contribution in [3.05, 3.63) is 0 Å². The summed E-state index contributed by atoms with van der Waals surface area (Å²) in [5, 5.41) is 8.65. The van der Waals surface area contributed by atoms with Gasteiger partial charge >= 0.3 is 5.97 Å². The normalized spacial score (nSPS) is 24.7. The van der Waals surface area contributed by atoms with Gasteiger partial charge in [-0.3, -0.25) is 4.79 Å². The van der Waals surface area contributed by atoms with Crippen LogP contribution in [0.25, 0.3) is 0 Å². The van der Waals surface area contributed by atoms with Crippen LogP contribution in [0.4, 0.5) is 0 Å².